The number of rotatable bonds is 7. The third kappa shape index (κ3) is 4.75. The van der Waals surface area contributed by atoms with E-state index in [0.717, 1.165) is 11.3 Å². The zero-order valence-corrected chi connectivity index (χ0v) is 18.2. The molecule has 0 unspecified atom stereocenters. The van der Waals surface area contributed by atoms with Crippen molar-refractivity contribution < 1.29 is 18.7 Å². The van der Waals surface area contributed by atoms with E-state index in [1.165, 1.54) is 11.0 Å². The second-order valence-corrected chi connectivity index (χ2v) is 8.04. The highest BCUT2D eigenvalue weighted by atomic mass is 35.5. The quantitative estimate of drug-likeness (QED) is 0.526. The third-order valence-corrected chi connectivity index (χ3v) is 5.61. The van der Waals surface area contributed by atoms with Gasteiger partial charge in [-0.1, -0.05) is 41.9 Å². The van der Waals surface area contributed by atoms with Gasteiger partial charge in [-0.3, -0.25) is 10.1 Å². The molecule has 0 bridgehead atoms. The molecule has 0 fully saturated rings. The second-order valence-electron chi connectivity index (χ2n) is 7.63. The number of carbonyl (C=O) groups is 2. The van der Waals surface area contributed by atoms with Crippen LogP contribution in [0.5, 0.6) is 0 Å². The summed E-state index contributed by atoms with van der Waals surface area (Å²) >= 11 is 5.89. The Morgan fingerprint density at radius 1 is 1.25 bits per heavy atom. The Bertz CT molecular complexity index is 1140. The highest BCUT2D eigenvalue weighted by Gasteiger charge is 2.30. The van der Waals surface area contributed by atoms with Crippen LogP contribution in [0, 0.1) is 5.82 Å². The van der Waals surface area contributed by atoms with Crippen LogP contribution in [0.1, 0.15) is 46.4 Å². The van der Waals surface area contributed by atoms with Crippen molar-refractivity contribution >= 4 is 29.3 Å². The van der Waals surface area contributed by atoms with Crippen molar-refractivity contribution in [3.63, 3.8) is 0 Å². The summed E-state index contributed by atoms with van der Waals surface area (Å²) in [6.45, 7) is 0.381. The molecule has 1 atom stereocenters. The van der Waals surface area contributed by atoms with Crippen LogP contribution in [0.25, 0.3) is 0 Å². The zero-order valence-electron chi connectivity index (χ0n) is 17.4. The van der Waals surface area contributed by atoms with Gasteiger partial charge in [-0.05, 0) is 30.5 Å². The minimum absolute atomic E-state index is 0.0371. The number of cyclic esters (lactones) is 1. The highest BCUT2D eigenvalue weighted by molar-refractivity contribution is 6.31. The van der Waals surface area contributed by atoms with Crippen LogP contribution in [0.4, 0.5) is 14.9 Å². The molecule has 2 N–H and O–H groups in total. The molecule has 2 heterocycles. The van der Waals surface area contributed by atoms with E-state index in [4.69, 9.17) is 16.3 Å². The molecule has 166 valence electrons. The Labute approximate surface area is 189 Å². The molecule has 2 amide bonds. The maximum Gasteiger partial charge on any atom is 0.412 e. The van der Waals surface area contributed by atoms with Gasteiger partial charge in [0.05, 0.1) is 16.3 Å². The number of benzene rings is 2. The number of ether oxygens (including phenoxy) is 1. The smallest absolute Gasteiger partial charge is 0.412 e. The average Bonchev–Trinajstić information content (AvgIpc) is 3.24. The van der Waals surface area contributed by atoms with Crippen molar-refractivity contribution in [2.75, 3.05) is 18.9 Å². The molecule has 0 radical (unpaired) electrons. The van der Waals surface area contributed by atoms with E-state index in [0.29, 0.717) is 31.5 Å². The van der Waals surface area contributed by atoms with E-state index in [1.54, 1.807) is 19.3 Å². The minimum Gasteiger partial charge on any atom is -0.441 e. The fourth-order valence-electron chi connectivity index (χ4n) is 3.69. The molecule has 1 aromatic heterocycles. The number of H-pyrrole nitrogens is 1. The van der Waals surface area contributed by atoms with Crippen molar-refractivity contribution in [2.24, 2.45) is 0 Å². The molecular weight excluding hydrogens is 435 g/mol. The number of nitrogens with zero attached hydrogens (tertiary/aromatic N) is 2. The van der Waals surface area contributed by atoms with Crippen LogP contribution >= 0.6 is 11.6 Å². The van der Waals surface area contributed by atoms with Gasteiger partial charge in [-0.25, -0.2) is 14.2 Å². The molecule has 9 heteroatoms. The van der Waals surface area contributed by atoms with Gasteiger partial charge >= 0.3 is 6.09 Å². The molecule has 0 saturated heterocycles. The molecule has 2 aromatic carbocycles. The Kier molecular flexibility index (Phi) is 6.41. The molecule has 3 aromatic rings. The van der Waals surface area contributed by atoms with Gasteiger partial charge in [0.1, 0.15) is 6.10 Å². The van der Waals surface area contributed by atoms with E-state index >= 15 is 0 Å². The van der Waals surface area contributed by atoms with Crippen LogP contribution in [0.2, 0.25) is 5.02 Å². The summed E-state index contributed by atoms with van der Waals surface area (Å²) in [6.07, 6.45) is 1.72. The third-order valence-electron chi connectivity index (χ3n) is 5.32. The zero-order chi connectivity index (χ0) is 22.7. The van der Waals surface area contributed by atoms with Crippen molar-refractivity contribution in [1.29, 1.82) is 0 Å². The fraction of sp³-hybridized carbons (Fsp3) is 0.261. The van der Waals surface area contributed by atoms with E-state index in [2.05, 4.69) is 15.3 Å². The topological polar surface area (TPSA) is 87.3 Å². The Hall–Kier alpha value is -3.39. The van der Waals surface area contributed by atoms with Gasteiger partial charge in [0.2, 0.25) is 0 Å². The fourth-order valence-corrected chi connectivity index (χ4v) is 3.86. The summed E-state index contributed by atoms with van der Waals surface area (Å²) in [7, 11) is 1.67. The van der Waals surface area contributed by atoms with E-state index in [-0.39, 0.29) is 22.3 Å². The van der Waals surface area contributed by atoms with E-state index < -0.39 is 18.0 Å². The van der Waals surface area contributed by atoms with Crippen molar-refractivity contribution in [2.45, 2.75) is 25.4 Å². The summed E-state index contributed by atoms with van der Waals surface area (Å²) in [5.41, 5.74) is 2.54. The summed E-state index contributed by atoms with van der Waals surface area (Å²) < 4.78 is 19.8. The number of hydrogen-bond acceptors (Lipinski definition) is 4. The minimum atomic E-state index is -0.776. The molecular formula is C23H22ClFN4O3. The lowest BCUT2D eigenvalue weighted by molar-refractivity contribution is 0.0750. The molecule has 1 aliphatic rings. The van der Waals surface area contributed by atoms with Gasteiger partial charge < -0.3 is 14.6 Å². The van der Waals surface area contributed by atoms with Gasteiger partial charge in [-0.15, -0.1) is 0 Å². The van der Waals surface area contributed by atoms with Crippen LogP contribution in [0.3, 0.4) is 0 Å². The number of hydrogen-bond donors (Lipinski definition) is 2. The number of amides is 2. The number of anilines is 1. The molecule has 1 aliphatic heterocycles. The first-order valence-corrected chi connectivity index (χ1v) is 10.6. The lowest BCUT2D eigenvalue weighted by Gasteiger charge is -2.27. The Morgan fingerprint density at radius 3 is 2.81 bits per heavy atom. The van der Waals surface area contributed by atoms with Crippen LogP contribution in [-0.4, -0.2) is 40.5 Å². The lowest BCUT2D eigenvalue weighted by Crippen LogP contribution is -2.30. The van der Waals surface area contributed by atoms with E-state index in [1.807, 2.05) is 30.3 Å². The summed E-state index contributed by atoms with van der Waals surface area (Å²) in [4.78, 5) is 33.3. The number of halogens is 2. The van der Waals surface area contributed by atoms with Gasteiger partial charge in [0.25, 0.3) is 5.91 Å². The first kappa shape index (κ1) is 21.8. The van der Waals surface area contributed by atoms with Crippen LogP contribution in [-0.2, 0) is 11.2 Å². The summed E-state index contributed by atoms with van der Waals surface area (Å²) in [5, 5.41) is 2.44. The van der Waals surface area contributed by atoms with E-state index in [9.17, 15) is 14.0 Å². The Balaban J connectivity index is 1.35. The Morgan fingerprint density at radius 2 is 2.03 bits per heavy atom. The largest absolute Gasteiger partial charge is 0.441 e. The molecule has 4 rings (SSSR count). The molecule has 32 heavy (non-hydrogen) atoms. The molecule has 0 aliphatic carbocycles. The lowest BCUT2D eigenvalue weighted by atomic mass is 10.0. The van der Waals surface area contributed by atoms with Gasteiger partial charge in [0, 0.05) is 31.9 Å². The number of imidazole rings is 1. The van der Waals surface area contributed by atoms with Gasteiger partial charge in [-0.2, -0.15) is 0 Å². The number of aromatic nitrogens is 2. The standard InChI is InChI=1S/C23H22ClFN4O3/c1-29(22(30)21-26-13-15(27-21)12-14-6-3-2-4-7-14)11-5-8-18-19-17(28-23(31)32-18)10-9-16(24)20(19)25/h2-4,6-7,9-10,13,18H,5,8,11-12H2,1H3,(H,26,27)(H,28,31)/t18-/m1/s1. The predicted octanol–water partition coefficient (Wildman–Crippen LogP) is 4.95. The summed E-state index contributed by atoms with van der Waals surface area (Å²) in [5.74, 6) is -0.601. The van der Waals surface area contributed by atoms with Gasteiger partial charge in [0.15, 0.2) is 11.6 Å². The summed E-state index contributed by atoms with van der Waals surface area (Å²) in [6, 6.07) is 12.8. The van der Waals surface area contributed by atoms with Crippen molar-refractivity contribution in [3.8, 4) is 0 Å². The number of fused-ring (bicyclic) bond motifs is 1. The maximum atomic E-state index is 14.5. The molecule has 0 saturated carbocycles. The monoisotopic (exact) mass is 456 g/mol. The SMILES string of the molecule is CN(CCC[C@H]1OC(=O)Nc2ccc(Cl)c(F)c21)C(=O)c1ncc(Cc2ccccc2)[nH]1. The van der Waals surface area contributed by atoms with Crippen molar-refractivity contribution in [1.82, 2.24) is 14.9 Å². The van der Waals surface area contributed by atoms with Crippen molar-refractivity contribution in [3.05, 3.63) is 82.1 Å². The number of aromatic amines is 1. The second kappa shape index (κ2) is 9.40. The highest BCUT2D eigenvalue weighted by Crippen LogP contribution is 2.38. The predicted molar refractivity (Wildman–Crippen MR) is 118 cm³/mol. The number of carbonyl (C=O) groups excluding carboxylic acids is 2. The normalized spacial score (nSPS) is 15.0. The first-order chi connectivity index (χ1) is 15.4. The average molecular weight is 457 g/mol. The molecule has 7 nitrogen and oxygen atoms in total. The van der Waals surface area contributed by atoms with Crippen LogP contribution in [0.15, 0.2) is 48.7 Å². The maximum absolute atomic E-state index is 14.5. The molecule has 0 spiro atoms. The first-order valence-electron chi connectivity index (χ1n) is 10.2. The van der Waals surface area contributed by atoms with Crippen LogP contribution < -0.4 is 5.32 Å². The number of nitrogens with one attached hydrogen (secondary N) is 2.